The summed E-state index contributed by atoms with van der Waals surface area (Å²) in [6.45, 7) is 5.23. The molecule has 2 rings (SSSR count). The van der Waals surface area contributed by atoms with Crippen LogP contribution in [0.3, 0.4) is 0 Å². The third kappa shape index (κ3) is 3.30. The van der Waals surface area contributed by atoms with Gasteiger partial charge in [0.1, 0.15) is 0 Å². The minimum Gasteiger partial charge on any atom is -0.271 e. The third-order valence-electron chi connectivity index (χ3n) is 3.58. The molecule has 0 saturated heterocycles. The molecule has 1 saturated carbocycles. The number of nitrogens with two attached hydrogens (primary N) is 1. The van der Waals surface area contributed by atoms with Gasteiger partial charge in [0.15, 0.2) is 0 Å². The van der Waals surface area contributed by atoms with E-state index in [1.807, 2.05) is 0 Å². The van der Waals surface area contributed by atoms with Crippen molar-refractivity contribution in [3.63, 3.8) is 0 Å². The first-order valence-corrected chi connectivity index (χ1v) is 6.78. The Morgan fingerprint density at radius 2 is 2.29 bits per heavy atom. The van der Waals surface area contributed by atoms with E-state index in [9.17, 15) is 0 Å². The highest BCUT2D eigenvalue weighted by Gasteiger charge is 2.25. The first-order valence-electron chi connectivity index (χ1n) is 6.78. The van der Waals surface area contributed by atoms with Crippen LogP contribution in [0.5, 0.6) is 0 Å². The van der Waals surface area contributed by atoms with Gasteiger partial charge in [0.05, 0.1) is 5.69 Å². The van der Waals surface area contributed by atoms with Crippen molar-refractivity contribution in [3.05, 3.63) is 17.5 Å². The number of nitrogens with zero attached hydrogens (tertiary/aromatic N) is 2. The summed E-state index contributed by atoms with van der Waals surface area (Å²) in [4.78, 5) is 0. The van der Waals surface area contributed by atoms with Crippen molar-refractivity contribution in [2.24, 2.45) is 11.8 Å². The van der Waals surface area contributed by atoms with Crippen molar-refractivity contribution in [2.45, 2.75) is 58.5 Å². The quantitative estimate of drug-likeness (QED) is 0.559. The molecule has 0 amide bonds. The molecule has 1 aliphatic rings. The molecule has 1 aromatic rings. The zero-order chi connectivity index (χ0) is 12.3. The van der Waals surface area contributed by atoms with Gasteiger partial charge >= 0.3 is 0 Å². The van der Waals surface area contributed by atoms with Gasteiger partial charge in [-0.2, -0.15) is 5.10 Å². The molecule has 3 N–H and O–H groups in total. The third-order valence-corrected chi connectivity index (χ3v) is 3.58. The van der Waals surface area contributed by atoms with Crippen LogP contribution in [-0.2, 0) is 19.4 Å². The Kier molecular flexibility index (Phi) is 4.18. The van der Waals surface area contributed by atoms with Crippen LogP contribution in [0.25, 0.3) is 0 Å². The number of hydrazine groups is 1. The molecule has 1 aliphatic carbocycles. The molecule has 0 radical (unpaired) electrons. The molecule has 1 fully saturated rings. The van der Waals surface area contributed by atoms with Crippen LogP contribution in [0.2, 0.25) is 0 Å². The van der Waals surface area contributed by atoms with Crippen LogP contribution in [0.4, 0.5) is 0 Å². The van der Waals surface area contributed by atoms with E-state index in [1.165, 1.54) is 30.7 Å². The van der Waals surface area contributed by atoms with Crippen molar-refractivity contribution < 1.29 is 0 Å². The van der Waals surface area contributed by atoms with Gasteiger partial charge in [-0.15, -0.1) is 0 Å². The molecule has 1 aromatic heterocycles. The van der Waals surface area contributed by atoms with E-state index < -0.39 is 0 Å². The van der Waals surface area contributed by atoms with E-state index in [0.717, 1.165) is 25.3 Å². The maximum Gasteiger partial charge on any atom is 0.0624 e. The predicted octanol–water partition coefficient (Wildman–Crippen LogP) is 1.64. The van der Waals surface area contributed by atoms with Crippen molar-refractivity contribution >= 4 is 0 Å². The first-order chi connectivity index (χ1) is 8.26. The molecule has 1 heterocycles. The Morgan fingerprint density at radius 1 is 1.53 bits per heavy atom. The van der Waals surface area contributed by atoms with Gasteiger partial charge in [0.25, 0.3) is 0 Å². The normalized spacial score (nSPS) is 17.4. The number of hydrogen-bond donors (Lipinski definition) is 2. The summed E-state index contributed by atoms with van der Waals surface area (Å²) in [6, 6.07) is 2.62. The standard InChI is InChI=1S/C13H24N4/c1-3-11-8-13(17(4-2)16-11)9-12(15-14)7-10-5-6-10/h8,10,12,15H,3-7,9,14H2,1-2H3. The van der Waals surface area contributed by atoms with Crippen molar-refractivity contribution in [1.82, 2.24) is 15.2 Å². The summed E-state index contributed by atoms with van der Waals surface area (Å²) in [5.41, 5.74) is 5.46. The van der Waals surface area contributed by atoms with Crippen LogP contribution in [-0.4, -0.2) is 15.8 Å². The lowest BCUT2D eigenvalue weighted by atomic mass is 10.1. The number of nitrogens with one attached hydrogen (secondary N) is 1. The van der Waals surface area contributed by atoms with E-state index in [-0.39, 0.29) is 0 Å². The fourth-order valence-electron chi connectivity index (χ4n) is 2.34. The number of rotatable bonds is 7. The van der Waals surface area contributed by atoms with Gasteiger partial charge in [-0.3, -0.25) is 16.0 Å². The van der Waals surface area contributed by atoms with Gasteiger partial charge in [-0.1, -0.05) is 19.8 Å². The van der Waals surface area contributed by atoms with E-state index in [2.05, 4.69) is 35.1 Å². The Balaban J connectivity index is 2.01. The molecular formula is C13H24N4. The SMILES string of the molecule is CCc1cc(CC(CC2CC2)NN)n(CC)n1. The van der Waals surface area contributed by atoms with Crippen LogP contribution >= 0.6 is 0 Å². The highest BCUT2D eigenvalue weighted by atomic mass is 15.3. The minimum atomic E-state index is 0.397. The lowest BCUT2D eigenvalue weighted by molar-refractivity contribution is 0.450. The Bertz CT molecular complexity index is 354. The molecule has 0 bridgehead atoms. The summed E-state index contributed by atoms with van der Waals surface area (Å²) < 4.78 is 2.11. The lowest BCUT2D eigenvalue weighted by Crippen LogP contribution is -2.37. The average molecular weight is 236 g/mol. The van der Waals surface area contributed by atoms with Gasteiger partial charge in [-0.05, 0) is 31.7 Å². The minimum absolute atomic E-state index is 0.397. The van der Waals surface area contributed by atoms with Gasteiger partial charge in [0, 0.05) is 24.7 Å². The molecule has 1 atom stereocenters. The van der Waals surface area contributed by atoms with Crippen molar-refractivity contribution in [3.8, 4) is 0 Å². The zero-order valence-electron chi connectivity index (χ0n) is 10.9. The second-order valence-corrected chi connectivity index (χ2v) is 5.04. The van der Waals surface area contributed by atoms with E-state index >= 15 is 0 Å². The Labute approximate surface area is 104 Å². The molecule has 17 heavy (non-hydrogen) atoms. The summed E-state index contributed by atoms with van der Waals surface area (Å²) in [5.74, 6) is 6.55. The highest BCUT2D eigenvalue weighted by Crippen LogP contribution is 2.34. The monoisotopic (exact) mass is 236 g/mol. The van der Waals surface area contributed by atoms with E-state index in [1.54, 1.807) is 0 Å². The van der Waals surface area contributed by atoms with E-state index in [4.69, 9.17) is 5.84 Å². The first kappa shape index (κ1) is 12.6. The number of aromatic nitrogens is 2. The molecule has 4 nitrogen and oxygen atoms in total. The lowest BCUT2D eigenvalue weighted by Gasteiger charge is -2.15. The van der Waals surface area contributed by atoms with Crippen LogP contribution in [0.15, 0.2) is 6.07 Å². The van der Waals surface area contributed by atoms with Crippen molar-refractivity contribution in [2.75, 3.05) is 0 Å². The Hall–Kier alpha value is -0.870. The average Bonchev–Trinajstić information content (AvgIpc) is 3.07. The smallest absolute Gasteiger partial charge is 0.0624 e. The molecule has 4 heteroatoms. The number of hydrogen-bond acceptors (Lipinski definition) is 3. The fourth-order valence-corrected chi connectivity index (χ4v) is 2.34. The second-order valence-electron chi connectivity index (χ2n) is 5.04. The van der Waals surface area contributed by atoms with Crippen LogP contribution < -0.4 is 11.3 Å². The maximum atomic E-state index is 5.65. The molecule has 1 unspecified atom stereocenters. The Morgan fingerprint density at radius 3 is 2.82 bits per heavy atom. The van der Waals surface area contributed by atoms with E-state index in [0.29, 0.717) is 6.04 Å². The fraction of sp³-hybridized carbons (Fsp3) is 0.769. The van der Waals surface area contributed by atoms with Gasteiger partial charge in [0.2, 0.25) is 0 Å². The van der Waals surface area contributed by atoms with Crippen LogP contribution in [0, 0.1) is 5.92 Å². The molecular weight excluding hydrogens is 212 g/mol. The second kappa shape index (κ2) is 5.65. The van der Waals surface area contributed by atoms with Crippen molar-refractivity contribution in [1.29, 1.82) is 0 Å². The van der Waals surface area contributed by atoms with Gasteiger partial charge in [-0.25, -0.2) is 0 Å². The highest BCUT2D eigenvalue weighted by molar-refractivity contribution is 5.12. The summed E-state index contributed by atoms with van der Waals surface area (Å²) in [7, 11) is 0. The largest absolute Gasteiger partial charge is 0.271 e. The zero-order valence-corrected chi connectivity index (χ0v) is 10.9. The summed E-state index contributed by atoms with van der Waals surface area (Å²) >= 11 is 0. The number of aryl methyl sites for hydroxylation is 2. The van der Waals surface area contributed by atoms with Gasteiger partial charge < -0.3 is 0 Å². The maximum absolute atomic E-state index is 5.65. The van der Waals surface area contributed by atoms with Crippen LogP contribution in [0.1, 0.15) is 44.5 Å². The molecule has 0 aromatic carbocycles. The predicted molar refractivity (Wildman–Crippen MR) is 69.4 cm³/mol. The molecule has 0 spiro atoms. The summed E-state index contributed by atoms with van der Waals surface area (Å²) in [5, 5.41) is 4.58. The summed E-state index contributed by atoms with van der Waals surface area (Å²) in [6.07, 6.45) is 5.96. The molecule has 96 valence electrons. The molecule has 0 aliphatic heterocycles. The topological polar surface area (TPSA) is 55.9 Å².